The summed E-state index contributed by atoms with van der Waals surface area (Å²) in [5, 5.41) is 2.98. The largest absolute Gasteiger partial charge is 0.373 e. The molecule has 0 bridgehead atoms. The summed E-state index contributed by atoms with van der Waals surface area (Å²) >= 11 is 0. The van der Waals surface area contributed by atoms with E-state index < -0.39 is 10.0 Å². The zero-order valence-corrected chi connectivity index (χ0v) is 12.2. The second kappa shape index (κ2) is 5.17. The number of anilines is 2. The Balaban J connectivity index is 1.97. The first-order valence-corrected chi connectivity index (χ1v) is 7.83. The van der Waals surface area contributed by atoms with E-state index in [1.807, 2.05) is 23.1 Å². The number of benzene rings is 1. The van der Waals surface area contributed by atoms with Gasteiger partial charge in [0.15, 0.2) is 0 Å². The molecule has 0 radical (unpaired) electrons. The Labute approximate surface area is 123 Å². The summed E-state index contributed by atoms with van der Waals surface area (Å²) in [6, 6.07) is 10.7. The smallest absolute Gasteiger partial charge is 0.285 e. The predicted molar refractivity (Wildman–Crippen MR) is 82.1 cm³/mol. The Kier molecular flexibility index (Phi) is 3.34. The molecule has 1 aliphatic heterocycles. The van der Waals surface area contributed by atoms with E-state index >= 15 is 0 Å². The van der Waals surface area contributed by atoms with Crippen molar-refractivity contribution in [3.05, 3.63) is 48.2 Å². The third-order valence-electron chi connectivity index (χ3n) is 3.21. The van der Waals surface area contributed by atoms with Gasteiger partial charge in [-0.15, -0.1) is 4.40 Å². The molecule has 0 fully saturated rings. The van der Waals surface area contributed by atoms with Crippen molar-refractivity contribution in [3.63, 3.8) is 0 Å². The summed E-state index contributed by atoms with van der Waals surface area (Å²) in [6.45, 7) is 0.521. The molecule has 0 unspecified atom stereocenters. The minimum Gasteiger partial charge on any atom is -0.373 e. The normalized spacial score (nSPS) is 15.6. The highest BCUT2D eigenvalue weighted by molar-refractivity contribution is 7.90. The van der Waals surface area contributed by atoms with Gasteiger partial charge in [-0.05, 0) is 29.8 Å². The Morgan fingerprint density at radius 3 is 2.86 bits per heavy atom. The van der Waals surface area contributed by atoms with E-state index in [1.54, 1.807) is 31.4 Å². The lowest BCUT2D eigenvalue weighted by molar-refractivity contribution is 0.597. The molecule has 108 valence electrons. The van der Waals surface area contributed by atoms with E-state index in [4.69, 9.17) is 0 Å². The second-order valence-electron chi connectivity index (χ2n) is 4.59. The van der Waals surface area contributed by atoms with Gasteiger partial charge in [-0.2, -0.15) is 8.42 Å². The van der Waals surface area contributed by atoms with Crippen LogP contribution in [0.3, 0.4) is 0 Å². The van der Waals surface area contributed by atoms with Gasteiger partial charge in [0.05, 0.1) is 5.69 Å². The molecule has 1 aliphatic rings. The van der Waals surface area contributed by atoms with Crippen LogP contribution in [0.5, 0.6) is 0 Å². The number of sulfonamides is 1. The average Bonchev–Trinajstić information content (AvgIpc) is 2.51. The van der Waals surface area contributed by atoms with Crippen LogP contribution in [0, 0.1) is 0 Å². The molecule has 1 N–H and O–H groups in total. The molecule has 21 heavy (non-hydrogen) atoms. The minimum absolute atomic E-state index is 0.232. The standard InChI is InChI=1S/C14H14N4O2S/c1-15-14-8-11(6-7-16-14)9-18-10-17-21(19,20)13-5-3-2-4-12(13)18/h2-8,10H,9H2,1H3,(H,15,16). The van der Waals surface area contributed by atoms with Crippen LogP contribution in [0.25, 0.3) is 0 Å². The number of fused-ring (bicyclic) bond motifs is 1. The molecule has 0 atom stereocenters. The molecule has 2 aromatic rings. The Morgan fingerprint density at radius 2 is 2.05 bits per heavy atom. The van der Waals surface area contributed by atoms with E-state index in [9.17, 15) is 8.42 Å². The predicted octanol–water partition coefficient (Wildman–Crippen LogP) is 1.86. The van der Waals surface area contributed by atoms with E-state index in [-0.39, 0.29) is 4.90 Å². The highest BCUT2D eigenvalue weighted by Gasteiger charge is 2.24. The topological polar surface area (TPSA) is 74.7 Å². The van der Waals surface area contributed by atoms with Gasteiger partial charge in [-0.3, -0.25) is 0 Å². The van der Waals surface area contributed by atoms with E-state index in [2.05, 4.69) is 14.7 Å². The van der Waals surface area contributed by atoms with Crippen molar-refractivity contribution in [1.29, 1.82) is 0 Å². The zero-order chi connectivity index (χ0) is 14.9. The summed E-state index contributed by atoms with van der Waals surface area (Å²) in [7, 11) is -1.78. The maximum absolute atomic E-state index is 11.9. The fraction of sp³-hybridized carbons (Fsp3) is 0.143. The third kappa shape index (κ3) is 2.59. The molecule has 1 aromatic carbocycles. The Bertz CT molecular complexity index is 802. The first kappa shape index (κ1) is 13.6. The number of nitrogens with zero attached hydrogens (tertiary/aromatic N) is 3. The van der Waals surface area contributed by atoms with Gasteiger partial charge in [-0.1, -0.05) is 12.1 Å². The summed E-state index contributed by atoms with van der Waals surface area (Å²) in [6.07, 6.45) is 3.07. The number of aromatic nitrogens is 1. The van der Waals surface area contributed by atoms with Crippen molar-refractivity contribution in [2.75, 3.05) is 17.3 Å². The van der Waals surface area contributed by atoms with Crippen molar-refractivity contribution in [1.82, 2.24) is 4.98 Å². The minimum atomic E-state index is -3.58. The number of pyridine rings is 1. The summed E-state index contributed by atoms with van der Waals surface area (Å²) in [5.41, 5.74) is 1.64. The van der Waals surface area contributed by atoms with Crippen molar-refractivity contribution in [2.24, 2.45) is 4.40 Å². The maximum Gasteiger partial charge on any atom is 0.285 e. The van der Waals surface area contributed by atoms with Gasteiger partial charge >= 0.3 is 0 Å². The molecule has 0 spiro atoms. The van der Waals surface area contributed by atoms with Crippen LogP contribution >= 0.6 is 0 Å². The second-order valence-corrected chi connectivity index (χ2v) is 6.19. The third-order valence-corrected chi connectivity index (χ3v) is 4.48. The fourth-order valence-corrected chi connectivity index (χ4v) is 3.23. The van der Waals surface area contributed by atoms with Crippen molar-refractivity contribution in [3.8, 4) is 0 Å². The van der Waals surface area contributed by atoms with E-state index in [0.717, 1.165) is 11.4 Å². The average molecular weight is 302 g/mol. The van der Waals surface area contributed by atoms with Crippen LogP contribution in [-0.4, -0.2) is 26.8 Å². The van der Waals surface area contributed by atoms with Crippen LogP contribution in [0.15, 0.2) is 51.9 Å². The van der Waals surface area contributed by atoms with Gasteiger partial charge in [-0.25, -0.2) is 4.98 Å². The first-order chi connectivity index (χ1) is 10.1. The van der Waals surface area contributed by atoms with Crippen molar-refractivity contribution >= 4 is 27.9 Å². The summed E-state index contributed by atoms with van der Waals surface area (Å²) in [5.74, 6) is 0.766. The molecular formula is C14H14N4O2S. The van der Waals surface area contributed by atoms with Gasteiger partial charge < -0.3 is 10.2 Å². The number of nitrogens with one attached hydrogen (secondary N) is 1. The Hall–Kier alpha value is -2.41. The van der Waals surface area contributed by atoms with Crippen molar-refractivity contribution < 1.29 is 8.42 Å². The van der Waals surface area contributed by atoms with E-state index in [0.29, 0.717) is 12.2 Å². The molecule has 3 rings (SSSR count). The number of hydrogen-bond acceptors (Lipinski definition) is 5. The molecular weight excluding hydrogens is 288 g/mol. The maximum atomic E-state index is 11.9. The van der Waals surface area contributed by atoms with Crippen LogP contribution in [0.4, 0.5) is 11.5 Å². The lowest BCUT2D eigenvalue weighted by Gasteiger charge is -2.25. The monoisotopic (exact) mass is 302 g/mol. The number of para-hydroxylation sites is 1. The number of hydrogen-bond donors (Lipinski definition) is 1. The van der Waals surface area contributed by atoms with Gasteiger partial charge in [0, 0.05) is 19.8 Å². The summed E-state index contributed by atoms with van der Waals surface area (Å²) in [4.78, 5) is 6.20. The Morgan fingerprint density at radius 1 is 1.24 bits per heavy atom. The molecule has 0 amide bonds. The quantitative estimate of drug-likeness (QED) is 0.936. The highest BCUT2D eigenvalue weighted by Crippen LogP contribution is 2.30. The van der Waals surface area contributed by atoms with E-state index in [1.165, 1.54) is 6.34 Å². The zero-order valence-electron chi connectivity index (χ0n) is 11.4. The van der Waals surface area contributed by atoms with Gasteiger partial charge in [0.25, 0.3) is 10.0 Å². The van der Waals surface area contributed by atoms with Crippen LogP contribution in [-0.2, 0) is 16.6 Å². The lowest BCUT2D eigenvalue weighted by Crippen LogP contribution is -2.26. The van der Waals surface area contributed by atoms with Gasteiger partial charge in [0.1, 0.15) is 17.1 Å². The molecule has 0 aliphatic carbocycles. The van der Waals surface area contributed by atoms with Crippen LogP contribution < -0.4 is 10.2 Å². The molecule has 2 heterocycles. The molecule has 6 nitrogen and oxygen atoms in total. The lowest BCUT2D eigenvalue weighted by atomic mass is 10.2. The fourth-order valence-electron chi connectivity index (χ4n) is 2.18. The SMILES string of the molecule is CNc1cc(CN2C=NS(=O)(=O)c3ccccc32)ccn1. The molecule has 0 saturated heterocycles. The highest BCUT2D eigenvalue weighted by atomic mass is 32.2. The van der Waals surface area contributed by atoms with Crippen LogP contribution in [0.1, 0.15) is 5.56 Å². The van der Waals surface area contributed by atoms with Crippen LogP contribution in [0.2, 0.25) is 0 Å². The molecule has 0 saturated carbocycles. The number of rotatable bonds is 3. The van der Waals surface area contributed by atoms with Gasteiger partial charge in [0.2, 0.25) is 0 Å². The molecule has 1 aromatic heterocycles. The summed E-state index contributed by atoms with van der Waals surface area (Å²) < 4.78 is 27.5. The molecule has 7 heteroatoms. The van der Waals surface area contributed by atoms with Crippen molar-refractivity contribution in [2.45, 2.75) is 11.4 Å². The first-order valence-electron chi connectivity index (χ1n) is 6.39.